The molecular formula is C20H20ClFN4O5S. The standard InChI is InChI=1S/C20H20ClFN4O5S/c1-12-19(27)24-16-10-15(21)18(11-17(16)31-12)32(29,30)26-8-6-25(7-9-26)20(28)23-14-4-2-13(22)3-5-14/h2-5,10-12H,6-9H2,1H3,(H,23,28)(H,24,27)/t12-/m1/s1. The number of carbonyl (C=O) groups excluding carboxylic acids is 2. The minimum Gasteiger partial charge on any atom is -0.479 e. The number of nitrogens with one attached hydrogen (secondary N) is 2. The van der Waals surface area contributed by atoms with Crippen LogP contribution < -0.4 is 15.4 Å². The number of piperazine rings is 1. The van der Waals surface area contributed by atoms with Crippen molar-refractivity contribution in [3.8, 4) is 5.75 Å². The zero-order chi connectivity index (χ0) is 23.0. The van der Waals surface area contributed by atoms with Crippen LogP contribution >= 0.6 is 11.6 Å². The molecule has 0 aromatic heterocycles. The summed E-state index contributed by atoms with van der Waals surface area (Å²) < 4.78 is 46.1. The molecule has 0 bridgehead atoms. The third-order valence-electron chi connectivity index (χ3n) is 5.20. The van der Waals surface area contributed by atoms with Crippen molar-refractivity contribution < 1.29 is 27.1 Å². The van der Waals surface area contributed by atoms with E-state index in [1.165, 1.54) is 45.6 Å². The van der Waals surface area contributed by atoms with Crippen LogP contribution in [0.15, 0.2) is 41.3 Å². The average Bonchev–Trinajstić information content (AvgIpc) is 2.76. The zero-order valence-corrected chi connectivity index (χ0v) is 18.5. The Balaban J connectivity index is 1.45. The smallest absolute Gasteiger partial charge is 0.321 e. The third-order valence-corrected chi connectivity index (χ3v) is 7.57. The quantitative estimate of drug-likeness (QED) is 0.699. The van der Waals surface area contributed by atoms with E-state index >= 15 is 0 Å². The molecule has 2 aliphatic rings. The number of benzene rings is 2. The van der Waals surface area contributed by atoms with Crippen molar-refractivity contribution in [3.63, 3.8) is 0 Å². The molecule has 2 heterocycles. The SMILES string of the molecule is C[C@H]1Oc2cc(S(=O)(=O)N3CCN(C(=O)Nc4ccc(F)cc4)CC3)c(Cl)cc2NC1=O. The zero-order valence-electron chi connectivity index (χ0n) is 17.0. The highest BCUT2D eigenvalue weighted by Gasteiger charge is 2.34. The Morgan fingerprint density at radius 3 is 2.50 bits per heavy atom. The maximum absolute atomic E-state index is 13.2. The molecule has 0 saturated carbocycles. The van der Waals surface area contributed by atoms with E-state index in [2.05, 4.69) is 10.6 Å². The Labute approximate surface area is 189 Å². The lowest BCUT2D eigenvalue weighted by Crippen LogP contribution is -2.51. The molecule has 1 saturated heterocycles. The van der Waals surface area contributed by atoms with Crippen molar-refractivity contribution in [2.24, 2.45) is 0 Å². The molecule has 170 valence electrons. The van der Waals surface area contributed by atoms with Gasteiger partial charge in [-0.25, -0.2) is 17.6 Å². The van der Waals surface area contributed by atoms with E-state index in [9.17, 15) is 22.4 Å². The number of ether oxygens (including phenoxy) is 1. The normalized spacial score (nSPS) is 19.0. The second-order valence-electron chi connectivity index (χ2n) is 7.36. The first-order chi connectivity index (χ1) is 15.1. The van der Waals surface area contributed by atoms with Crippen LogP contribution in [0.2, 0.25) is 5.02 Å². The van der Waals surface area contributed by atoms with Crippen molar-refractivity contribution in [1.82, 2.24) is 9.21 Å². The van der Waals surface area contributed by atoms with Crippen LogP contribution in [0, 0.1) is 5.82 Å². The molecule has 2 aromatic carbocycles. The molecule has 9 nitrogen and oxygen atoms in total. The number of anilines is 2. The Morgan fingerprint density at radius 2 is 1.84 bits per heavy atom. The lowest BCUT2D eigenvalue weighted by atomic mass is 10.2. The molecule has 32 heavy (non-hydrogen) atoms. The number of fused-ring (bicyclic) bond motifs is 1. The fourth-order valence-corrected chi connectivity index (χ4v) is 5.35. The summed E-state index contributed by atoms with van der Waals surface area (Å²) in [6.45, 7) is 2.02. The number of amides is 3. The first-order valence-corrected chi connectivity index (χ1v) is 11.6. The van der Waals surface area contributed by atoms with Gasteiger partial charge >= 0.3 is 6.03 Å². The van der Waals surface area contributed by atoms with Crippen molar-refractivity contribution in [3.05, 3.63) is 47.2 Å². The van der Waals surface area contributed by atoms with Gasteiger partial charge in [-0.15, -0.1) is 0 Å². The minimum absolute atomic E-state index is 0.0429. The van der Waals surface area contributed by atoms with Crippen LogP contribution in [0.4, 0.5) is 20.6 Å². The molecule has 1 atom stereocenters. The molecule has 0 spiro atoms. The molecule has 2 N–H and O–H groups in total. The maximum atomic E-state index is 13.2. The summed E-state index contributed by atoms with van der Waals surface area (Å²) in [4.78, 5) is 25.5. The summed E-state index contributed by atoms with van der Waals surface area (Å²) in [5, 5.41) is 5.23. The number of hydrogen-bond donors (Lipinski definition) is 2. The van der Waals surface area contributed by atoms with E-state index in [1.807, 2.05) is 0 Å². The molecular weight excluding hydrogens is 463 g/mol. The largest absolute Gasteiger partial charge is 0.479 e. The van der Waals surface area contributed by atoms with Gasteiger partial charge in [0.15, 0.2) is 6.10 Å². The first kappa shape index (κ1) is 22.3. The van der Waals surface area contributed by atoms with Crippen molar-refractivity contribution in [1.29, 1.82) is 0 Å². The molecule has 2 aromatic rings. The fourth-order valence-electron chi connectivity index (χ4n) is 3.41. The van der Waals surface area contributed by atoms with E-state index < -0.39 is 28.0 Å². The van der Waals surface area contributed by atoms with E-state index in [0.29, 0.717) is 11.4 Å². The van der Waals surface area contributed by atoms with E-state index in [4.69, 9.17) is 16.3 Å². The van der Waals surface area contributed by atoms with Crippen LogP contribution in [0.25, 0.3) is 0 Å². The summed E-state index contributed by atoms with van der Waals surface area (Å²) in [7, 11) is -3.96. The molecule has 0 unspecified atom stereocenters. The Kier molecular flexibility index (Phi) is 5.97. The number of rotatable bonds is 3. The highest BCUT2D eigenvalue weighted by Crippen LogP contribution is 2.38. The number of nitrogens with zero attached hydrogens (tertiary/aromatic N) is 2. The van der Waals surface area contributed by atoms with Gasteiger partial charge in [-0.2, -0.15) is 4.31 Å². The summed E-state index contributed by atoms with van der Waals surface area (Å²) in [5.41, 5.74) is 0.743. The van der Waals surface area contributed by atoms with Gasteiger partial charge < -0.3 is 20.3 Å². The van der Waals surface area contributed by atoms with Gasteiger partial charge in [0.05, 0.1) is 10.7 Å². The van der Waals surface area contributed by atoms with Gasteiger partial charge in [-0.1, -0.05) is 11.6 Å². The van der Waals surface area contributed by atoms with Crippen molar-refractivity contribution in [2.45, 2.75) is 17.9 Å². The average molecular weight is 483 g/mol. The highest BCUT2D eigenvalue weighted by atomic mass is 35.5. The Bertz CT molecular complexity index is 1170. The fraction of sp³-hybridized carbons (Fsp3) is 0.300. The predicted octanol–water partition coefficient (Wildman–Crippen LogP) is 2.74. The van der Waals surface area contributed by atoms with Gasteiger partial charge in [0.25, 0.3) is 5.91 Å². The monoisotopic (exact) mass is 482 g/mol. The number of urea groups is 1. The van der Waals surface area contributed by atoms with Crippen LogP contribution in [0.5, 0.6) is 5.75 Å². The number of halogens is 2. The van der Waals surface area contributed by atoms with Gasteiger partial charge in [0.2, 0.25) is 10.0 Å². The van der Waals surface area contributed by atoms with Crippen molar-refractivity contribution in [2.75, 3.05) is 36.8 Å². The maximum Gasteiger partial charge on any atom is 0.321 e. The summed E-state index contributed by atoms with van der Waals surface area (Å²) >= 11 is 6.22. The summed E-state index contributed by atoms with van der Waals surface area (Å²) in [6.07, 6.45) is -0.762. The number of hydrogen-bond acceptors (Lipinski definition) is 5. The predicted molar refractivity (Wildman–Crippen MR) is 116 cm³/mol. The first-order valence-electron chi connectivity index (χ1n) is 9.78. The third kappa shape index (κ3) is 4.36. The Morgan fingerprint density at radius 1 is 1.19 bits per heavy atom. The molecule has 2 aliphatic heterocycles. The minimum atomic E-state index is -3.96. The second kappa shape index (κ2) is 8.57. The van der Waals surface area contributed by atoms with Gasteiger partial charge in [0.1, 0.15) is 16.5 Å². The van der Waals surface area contributed by atoms with Crippen molar-refractivity contribution >= 4 is 44.9 Å². The topological polar surface area (TPSA) is 108 Å². The van der Waals surface area contributed by atoms with Gasteiger partial charge in [-0.05, 0) is 37.3 Å². The Hall–Kier alpha value is -2.89. The number of sulfonamides is 1. The molecule has 1 fully saturated rings. The van der Waals surface area contributed by atoms with Crippen LogP contribution in [-0.4, -0.2) is 61.8 Å². The molecule has 12 heteroatoms. The molecule has 0 radical (unpaired) electrons. The van der Waals surface area contributed by atoms with Gasteiger partial charge in [-0.3, -0.25) is 4.79 Å². The lowest BCUT2D eigenvalue weighted by molar-refractivity contribution is -0.122. The second-order valence-corrected chi connectivity index (χ2v) is 9.67. The van der Waals surface area contributed by atoms with Gasteiger partial charge in [0, 0.05) is 37.9 Å². The van der Waals surface area contributed by atoms with Crippen LogP contribution in [-0.2, 0) is 14.8 Å². The van der Waals surface area contributed by atoms with E-state index in [-0.39, 0.29) is 47.8 Å². The molecule has 4 rings (SSSR count). The molecule has 3 amide bonds. The lowest BCUT2D eigenvalue weighted by Gasteiger charge is -2.34. The van der Waals surface area contributed by atoms with E-state index in [0.717, 1.165) is 0 Å². The van der Waals surface area contributed by atoms with Crippen LogP contribution in [0.3, 0.4) is 0 Å². The number of carbonyl (C=O) groups is 2. The summed E-state index contributed by atoms with van der Waals surface area (Å²) in [6, 6.07) is 7.60. The van der Waals surface area contributed by atoms with E-state index in [1.54, 1.807) is 6.92 Å². The van der Waals surface area contributed by atoms with Crippen LogP contribution in [0.1, 0.15) is 6.92 Å². The highest BCUT2D eigenvalue weighted by molar-refractivity contribution is 7.89. The summed E-state index contributed by atoms with van der Waals surface area (Å²) in [5.74, 6) is -0.540. The molecule has 0 aliphatic carbocycles.